The predicted molar refractivity (Wildman–Crippen MR) is 102 cm³/mol. The molecular formula is C20H25N3O6. The van der Waals surface area contributed by atoms with E-state index in [-0.39, 0.29) is 13.0 Å². The summed E-state index contributed by atoms with van der Waals surface area (Å²) in [5.41, 5.74) is -1.12. The molecule has 2 heterocycles. The lowest BCUT2D eigenvalue weighted by atomic mass is 9.84. The van der Waals surface area contributed by atoms with Crippen LogP contribution in [0.5, 0.6) is 5.75 Å². The minimum Gasteiger partial charge on any atom is -0.493 e. The Morgan fingerprint density at radius 2 is 2.03 bits per heavy atom. The molecule has 0 unspecified atom stereocenters. The second-order valence-corrected chi connectivity index (χ2v) is 7.77. The van der Waals surface area contributed by atoms with Gasteiger partial charge in [-0.2, -0.15) is 0 Å². The second kappa shape index (κ2) is 7.73. The van der Waals surface area contributed by atoms with E-state index in [1.807, 2.05) is 20.8 Å². The van der Waals surface area contributed by atoms with Crippen LogP contribution in [0.15, 0.2) is 24.3 Å². The van der Waals surface area contributed by atoms with Crippen molar-refractivity contribution in [2.75, 3.05) is 19.8 Å². The van der Waals surface area contributed by atoms with Gasteiger partial charge in [0.1, 0.15) is 12.3 Å². The summed E-state index contributed by atoms with van der Waals surface area (Å²) in [6.07, 6.45) is 0.969. The van der Waals surface area contributed by atoms with E-state index in [0.29, 0.717) is 17.7 Å². The van der Waals surface area contributed by atoms with Crippen LogP contribution in [0.3, 0.4) is 0 Å². The van der Waals surface area contributed by atoms with Crippen molar-refractivity contribution in [1.82, 2.24) is 15.5 Å². The molecule has 1 saturated heterocycles. The molecular weight excluding hydrogens is 378 g/mol. The fourth-order valence-electron chi connectivity index (χ4n) is 3.34. The van der Waals surface area contributed by atoms with Gasteiger partial charge in [0.05, 0.1) is 6.61 Å². The predicted octanol–water partition coefficient (Wildman–Crippen LogP) is 1.06. The Morgan fingerprint density at radius 1 is 1.31 bits per heavy atom. The maximum absolute atomic E-state index is 13.1. The first-order valence-corrected chi connectivity index (χ1v) is 9.51. The van der Waals surface area contributed by atoms with E-state index in [1.165, 1.54) is 0 Å². The first-order chi connectivity index (χ1) is 13.7. The summed E-state index contributed by atoms with van der Waals surface area (Å²) in [7, 11) is 0. The number of amides is 4. The number of esters is 1. The number of nitrogens with one attached hydrogen (secondary N) is 2. The van der Waals surface area contributed by atoms with Gasteiger partial charge in [-0.05, 0) is 26.3 Å². The van der Waals surface area contributed by atoms with Crippen LogP contribution in [0.4, 0.5) is 4.79 Å². The number of hydrogen-bond acceptors (Lipinski definition) is 6. The molecule has 2 aliphatic rings. The van der Waals surface area contributed by atoms with Crippen LogP contribution < -0.4 is 15.4 Å². The molecule has 156 valence electrons. The molecule has 4 amide bonds. The van der Waals surface area contributed by atoms with Crippen molar-refractivity contribution in [1.29, 1.82) is 0 Å². The van der Waals surface area contributed by atoms with Gasteiger partial charge in [-0.15, -0.1) is 0 Å². The average Bonchev–Trinajstić information content (AvgIpc) is 2.91. The Balaban J connectivity index is 1.64. The van der Waals surface area contributed by atoms with Crippen molar-refractivity contribution >= 4 is 23.8 Å². The molecule has 0 radical (unpaired) electrons. The van der Waals surface area contributed by atoms with Crippen LogP contribution in [-0.4, -0.2) is 54.0 Å². The van der Waals surface area contributed by atoms with E-state index in [9.17, 15) is 19.2 Å². The lowest BCUT2D eigenvalue weighted by Crippen LogP contribution is -2.48. The van der Waals surface area contributed by atoms with Gasteiger partial charge >= 0.3 is 12.0 Å². The molecule has 3 rings (SSSR count). The zero-order valence-electron chi connectivity index (χ0n) is 16.7. The standard InChI is InChI=1S/C20H25N3O6/c1-4-19(2,3)21-15(24)12-29-16(25)11-23-17(26)20(22-18(23)27)9-10-28-14-8-6-5-7-13(14)20/h5-8H,4,9-12H2,1-3H3,(H,21,24)(H,22,27)/t20-/m1/s1. The summed E-state index contributed by atoms with van der Waals surface area (Å²) >= 11 is 0. The number of urea groups is 1. The maximum Gasteiger partial charge on any atom is 0.326 e. The van der Waals surface area contributed by atoms with Gasteiger partial charge in [0.15, 0.2) is 12.1 Å². The summed E-state index contributed by atoms with van der Waals surface area (Å²) in [4.78, 5) is 50.4. The lowest BCUT2D eigenvalue weighted by molar-refractivity contribution is -0.151. The number of rotatable bonds is 6. The molecule has 9 nitrogen and oxygen atoms in total. The topological polar surface area (TPSA) is 114 Å². The Hall–Kier alpha value is -3.10. The summed E-state index contributed by atoms with van der Waals surface area (Å²) in [5, 5.41) is 5.44. The van der Waals surface area contributed by atoms with E-state index in [4.69, 9.17) is 9.47 Å². The van der Waals surface area contributed by atoms with E-state index in [1.54, 1.807) is 24.3 Å². The smallest absolute Gasteiger partial charge is 0.326 e. The highest BCUT2D eigenvalue weighted by Crippen LogP contribution is 2.40. The van der Waals surface area contributed by atoms with Gasteiger partial charge in [-0.3, -0.25) is 19.3 Å². The Bertz CT molecular complexity index is 852. The number of hydrogen-bond donors (Lipinski definition) is 2. The highest BCUT2D eigenvalue weighted by atomic mass is 16.5. The maximum atomic E-state index is 13.1. The van der Waals surface area contributed by atoms with E-state index in [2.05, 4.69) is 10.6 Å². The third-order valence-electron chi connectivity index (χ3n) is 5.27. The van der Waals surface area contributed by atoms with Crippen molar-refractivity contribution in [3.63, 3.8) is 0 Å². The fourth-order valence-corrected chi connectivity index (χ4v) is 3.34. The monoisotopic (exact) mass is 403 g/mol. The fraction of sp³-hybridized carbons (Fsp3) is 0.500. The molecule has 1 aromatic rings. The lowest BCUT2D eigenvalue weighted by Gasteiger charge is -2.33. The highest BCUT2D eigenvalue weighted by molar-refractivity contribution is 6.09. The van der Waals surface area contributed by atoms with Crippen molar-refractivity contribution in [3.05, 3.63) is 29.8 Å². The highest BCUT2D eigenvalue weighted by Gasteiger charge is 2.55. The van der Waals surface area contributed by atoms with Gasteiger partial charge < -0.3 is 20.1 Å². The third kappa shape index (κ3) is 4.03. The van der Waals surface area contributed by atoms with Crippen LogP contribution in [-0.2, 0) is 24.7 Å². The number of ether oxygens (including phenoxy) is 2. The first kappa shape index (κ1) is 20.6. The van der Waals surface area contributed by atoms with Crippen LogP contribution >= 0.6 is 0 Å². The first-order valence-electron chi connectivity index (χ1n) is 9.51. The summed E-state index contributed by atoms with van der Waals surface area (Å²) in [6, 6.07) is 6.29. The minimum atomic E-state index is -1.26. The molecule has 2 aliphatic heterocycles. The molecule has 1 aromatic carbocycles. The van der Waals surface area contributed by atoms with Gasteiger partial charge in [-0.1, -0.05) is 25.1 Å². The van der Waals surface area contributed by atoms with Crippen molar-refractivity contribution in [2.24, 2.45) is 0 Å². The Kier molecular flexibility index (Phi) is 5.50. The molecule has 2 N–H and O–H groups in total. The van der Waals surface area contributed by atoms with Crippen LogP contribution in [0.2, 0.25) is 0 Å². The van der Waals surface area contributed by atoms with Gasteiger partial charge in [0.25, 0.3) is 11.8 Å². The molecule has 0 bridgehead atoms. The molecule has 1 spiro atoms. The number of benzene rings is 1. The number of carbonyl (C=O) groups excluding carboxylic acids is 4. The van der Waals surface area contributed by atoms with Crippen LogP contribution in [0.25, 0.3) is 0 Å². The number of fused-ring (bicyclic) bond motifs is 2. The van der Waals surface area contributed by atoms with Crippen molar-refractivity contribution in [3.8, 4) is 5.75 Å². The molecule has 0 saturated carbocycles. The Morgan fingerprint density at radius 3 is 2.76 bits per heavy atom. The zero-order valence-corrected chi connectivity index (χ0v) is 16.7. The van der Waals surface area contributed by atoms with Gasteiger partial charge in [0, 0.05) is 17.5 Å². The summed E-state index contributed by atoms with van der Waals surface area (Å²) in [5.74, 6) is -1.30. The second-order valence-electron chi connectivity index (χ2n) is 7.77. The van der Waals surface area contributed by atoms with Crippen molar-refractivity contribution < 1.29 is 28.7 Å². The minimum absolute atomic E-state index is 0.259. The molecule has 0 aliphatic carbocycles. The van der Waals surface area contributed by atoms with Gasteiger partial charge in [-0.25, -0.2) is 4.79 Å². The molecule has 0 aromatic heterocycles. The SMILES string of the molecule is CCC(C)(C)NC(=O)COC(=O)CN1C(=O)N[C@@]2(CCOc3ccccc32)C1=O. The zero-order chi connectivity index (χ0) is 21.2. The quantitative estimate of drug-likeness (QED) is 0.542. The normalized spacial score (nSPS) is 20.7. The summed E-state index contributed by atoms with van der Waals surface area (Å²) in [6.45, 7) is 4.84. The van der Waals surface area contributed by atoms with E-state index >= 15 is 0 Å². The number of nitrogens with zero attached hydrogens (tertiary/aromatic N) is 1. The van der Waals surface area contributed by atoms with E-state index < -0.39 is 48.0 Å². The number of para-hydroxylation sites is 1. The molecule has 29 heavy (non-hydrogen) atoms. The number of imide groups is 1. The molecule has 1 fully saturated rings. The van der Waals surface area contributed by atoms with Crippen LogP contribution in [0, 0.1) is 0 Å². The largest absolute Gasteiger partial charge is 0.493 e. The third-order valence-corrected chi connectivity index (χ3v) is 5.27. The van der Waals surface area contributed by atoms with Gasteiger partial charge in [0.2, 0.25) is 0 Å². The van der Waals surface area contributed by atoms with Crippen LogP contribution in [0.1, 0.15) is 39.2 Å². The molecule has 9 heteroatoms. The summed E-state index contributed by atoms with van der Waals surface area (Å²) < 4.78 is 10.5. The number of carbonyl (C=O) groups is 4. The van der Waals surface area contributed by atoms with Crippen molar-refractivity contribution in [2.45, 2.75) is 44.7 Å². The Labute approximate surface area is 168 Å². The van der Waals surface area contributed by atoms with E-state index in [0.717, 1.165) is 4.90 Å². The average molecular weight is 403 g/mol. The molecule has 1 atom stereocenters.